The third kappa shape index (κ3) is 8.13. The van der Waals surface area contributed by atoms with Crippen LogP contribution in [0.5, 0.6) is 5.75 Å². The first kappa shape index (κ1) is 25.0. The quantitative estimate of drug-likeness (QED) is 0.324. The molecule has 160 valence electrons. The van der Waals surface area contributed by atoms with Crippen LogP contribution >= 0.6 is 24.0 Å². The summed E-state index contributed by atoms with van der Waals surface area (Å²) in [5.41, 5.74) is 1.17. The smallest absolute Gasteiger partial charge is 0.191 e. The van der Waals surface area contributed by atoms with E-state index in [0.717, 1.165) is 56.7 Å². The minimum Gasteiger partial charge on any atom is -0.493 e. The van der Waals surface area contributed by atoms with Gasteiger partial charge in [-0.2, -0.15) is 0 Å². The van der Waals surface area contributed by atoms with E-state index in [9.17, 15) is 0 Å². The van der Waals surface area contributed by atoms with Gasteiger partial charge in [0.25, 0.3) is 0 Å². The van der Waals surface area contributed by atoms with E-state index in [0.29, 0.717) is 12.5 Å². The number of guanidine groups is 1. The minimum absolute atomic E-state index is 0. The number of rotatable bonds is 8. The van der Waals surface area contributed by atoms with Gasteiger partial charge >= 0.3 is 0 Å². The first-order valence-corrected chi connectivity index (χ1v) is 9.90. The Bertz CT molecular complexity index is 602. The van der Waals surface area contributed by atoms with Crippen LogP contribution in [-0.4, -0.2) is 62.9 Å². The zero-order valence-corrected chi connectivity index (χ0v) is 20.3. The van der Waals surface area contributed by atoms with Gasteiger partial charge in [0.1, 0.15) is 5.75 Å². The summed E-state index contributed by atoms with van der Waals surface area (Å²) >= 11 is 0. The highest BCUT2D eigenvalue weighted by molar-refractivity contribution is 14.0. The fraction of sp³-hybridized carbons (Fsp3) is 0.667. The zero-order chi connectivity index (χ0) is 19.7. The van der Waals surface area contributed by atoms with Crippen molar-refractivity contribution in [2.75, 3.05) is 46.5 Å². The molecule has 7 heteroatoms. The second-order valence-corrected chi connectivity index (χ2v) is 8.00. The molecule has 0 spiro atoms. The summed E-state index contributed by atoms with van der Waals surface area (Å²) < 4.78 is 11.4. The number of para-hydroxylation sites is 1. The lowest BCUT2D eigenvalue weighted by atomic mass is 10.0. The molecule has 0 saturated carbocycles. The number of nitrogens with one attached hydrogen (secondary N) is 2. The van der Waals surface area contributed by atoms with Crippen LogP contribution in [0.1, 0.15) is 33.3 Å². The van der Waals surface area contributed by atoms with Crippen LogP contribution in [0.15, 0.2) is 29.3 Å². The summed E-state index contributed by atoms with van der Waals surface area (Å²) in [4.78, 5) is 6.83. The second-order valence-electron chi connectivity index (χ2n) is 8.00. The molecule has 1 aliphatic heterocycles. The van der Waals surface area contributed by atoms with Crippen molar-refractivity contribution in [3.63, 3.8) is 0 Å². The van der Waals surface area contributed by atoms with Crippen molar-refractivity contribution in [1.29, 1.82) is 0 Å². The lowest BCUT2D eigenvalue weighted by molar-refractivity contribution is -0.00834. The maximum absolute atomic E-state index is 5.94. The van der Waals surface area contributed by atoms with Crippen LogP contribution in [-0.2, 0) is 11.3 Å². The van der Waals surface area contributed by atoms with E-state index in [2.05, 4.69) is 54.3 Å². The van der Waals surface area contributed by atoms with E-state index in [1.54, 1.807) is 7.05 Å². The van der Waals surface area contributed by atoms with E-state index >= 15 is 0 Å². The molecule has 0 aromatic heterocycles. The van der Waals surface area contributed by atoms with E-state index in [-0.39, 0.29) is 29.5 Å². The lowest BCUT2D eigenvalue weighted by Gasteiger charge is -2.41. The molecule has 0 radical (unpaired) electrons. The number of hydrogen-bond donors (Lipinski definition) is 2. The third-order valence-corrected chi connectivity index (χ3v) is 4.77. The summed E-state index contributed by atoms with van der Waals surface area (Å²) in [6.45, 7) is 14.6. The predicted octanol–water partition coefficient (Wildman–Crippen LogP) is 3.12. The average molecular weight is 504 g/mol. The Morgan fingerprint density at radius 2 is 1.89 bits per heavy atom. The van der Waals surface area contributed by atoms with Gasteiger partial charge in [0.05, 0.1) is 19.8 Å². The number of halogens is 1. The highest BCUT2D eigenvalue weighted by Gasteiger charge is 2.28. The van der Waals surface area contributed by atoms with Crippen LogP contribution in [0.4, 0.5) is 0 Å². The highest BCUT2D eigenvalue weighted by Crippen LogP contribution is 2.19. The molecule has 2 N–H and O–H groups in total. The Morgan fingerprint density at radius 1 is 1.21 bits per heavy atom. The molecule has 1 heterocycles. The first-order valence-electron chi connectivity index (χ1n) is 9.90. The van der Waals surface area contributed by atoms with Gasteiger partial charge in [0.2, 0.25) is 0 Å². The summed E-state index contributed by atoms with van der Waals surface area (Å²) in [7, 11) is 1.80. The molecule has 28 heavy (non-hydrogen) atoms. The second kappa shape index (κ2) is 12.5. The Morgan fingerprint density at radius 3 is 2.54 bits per heavy atom. The van der Waals surface area contributed by atoms with Crippen molar-refractivity contribution >= 4 is 29.9 Å². The molecule has 1 fully saturated rings. The van der Waals surface area contributed by atoms with E-state index < -0.39 is 0 Å². The van der Waals surface area contributed by atoms with Crippen LogP contribution in [0.2, 0.25) is 0 Å². The first-order chi connectivity index (χ1) is 12.9. The van der Waals surface area contributed by atoms with Gasteiger partial charge in [-0.05, 0) is 25.8 Å². The normalized spacial score (nSPS) is 15.9. The Labute approximate surface area is 187 Å². The highest BCUT2D eigenvalue weighted by atomic mass is 127. The van der Waals surface area contributed by atoms with Crippen molar-refractivity contribution in [2.24, 2.45) is 10.9 Å². The minimum atomic E-state index is 0. The molecule has 0 unspecified atom stereocenters. The van der Waals surface area contributed by atoms with Crippen LogP contribution in [0, 0.1) is 5.92 Å². The molecule has 1 aromatic rings. The Balaban J connectivity index is 0.00000392. The molecule has 2 rings (SSSR count). The van der Waals surface area contributed by atoms with Gasteiger partial charge in [-0.3, -0.25) is 9.89 Å². The summed E-state index contributed by atoms with van der Waals surface area (Å²) in [5, 5.41) is 6.87. The third-order valence-electron chi connectivity index (χ3n) is 4.77. The molecule has 1 aliphatic rings. The molecular formula is C21H37IN4O2. The number of hydrogen-bond acceptors (Lipinski definition) is 4. The summed E-state index contributed by atoms with van der Waals surface area (Å²) in [5.74, 6) is 2.24. The van der Waals surface area contributed by atoms with Gasteiger partial charge in [-0.15, -0.1) is 24.0 Å². The van der Waals surface area contributed by atoms with E-state index in [1.165, 1.54) is 0 Å². The molecular weight excluding hydrogens is 467 g/mol. The van der Waals surface area contributed by atoms with Crippen LogP contribution in [0.25, 0.3) is 0 Å². The zero-order valence-electron chi connectivity index (χ0n) is 18.0. The standard InChI is InChI=1S/C21H36N4O2.HI/c1-17(2)15-27-19-9-7-6-8-18(19)14-23-20(22-5)24-16-21(3,4)25-10-12-26-13-11-25;/h6-9,17H,10-16H2,1-5H3,(H2,22,23,24);1H. The van der Waals surface area contributed by atoms with Gasteiger partial charge in [0, 0.05) is 44.3 Å². The molecule has 1 aromatic carbocycles. The summed E-state index contributed by atoms with van der Waals surface area (Å²) in [6.07, 6.45) is 0. The largest absolute Gasteiger partial charge is 0.493 e. The average Bonchev–Trinajstić information content (AvgIpc) is 2.68. The van der Waals surface area contributed by atoms with Crippen molar-refractivity contribution in [3.05, 3.63) is 29.8 Å². The Hall–Kier alpha value is -1.06. The van der Waals surface area contributed by atoms with E-state index in [4.69, 9.17) is 9.47 Å². The van der Waals surface area contributed by atoms with Crippen molar-refractivity contribution in [2.45, 2.75) is 39.8 Å². The monoisotopic (exact) mass is 504 g/mol. The number of morpholine rings is 1. The van der Waals surface area contributed by atoms with Crippen molar-refractivity contribution < 1.29 is 9.47 Å². The number of nitrogens with zero attached hydrogens (tertiary/aromatic N) is 2. The molecule has 0 bridgehead atoms. The number of benzene rings is 1. The van der Waals surface area contributed by atoms with Crippen LogP contribution < -0.4 is 15.4 Å². The summed E-state index contributed by atoms with van der Waals surface area (Å²) in [6, 6.07) is 8.17. The fourth-order valence-corrected chi connectivity index (χ4v) is 3.03. The number of ether oxygens (including phenoxy) is 2. The van der Waals surface area contributed by atoms with E-state index in [1.807, 2.05) is 18.2 Å². The molecule has 0 aliphatic carbocycles. The van der Waals surface area contributed by atoms with Crippen LogP contribution in [0.3, 0.4) is 0 Å². The SMILES string of the molecule is CN=C(NCc1ccccc1OCC(C)C)NCC(C)(C)N1CCOCC1.I. The lowest BCUT2D eigenvalue weighted by Crippen LogP contribution is -2.56. The van der Waals surface area contributed by atoms with Gasteiger partial charge < -0.3 is 20.1 Å². The topological polar surface area (TPSA) is 58.1 Å². The predicted molar refractivity (Wildman–Crippen MR) is 127 cm³/mol. The molecule has 1 saturated heterocycles. The van der Waals surface area contributed by atoms with Gasteiger partial charge in [0.15, 0.2) is 5.96 Å². The maximum atomic E-state index is 5.94. The molecule has 0 amide bonds. The fourth-order valence-electron chi connectivity index (χ4n) is 3.03. The molecule has 6 nitrogen and oxygen atoms in total. The van der Waals surface area contributed by atoms with Crippen molar-refractivity contribution in [1.82, 2.24) is 15.5 Å². The van der Waals surface area contributed by atoms with Crippen molar-refractivity contribution in [3.8, 4) is 5.75 Å². The number of aliphatic imine (C=N–C) groups is 1. The van der Waals surface area contributed by atoms with Gasteiger partial charge in [-0.25, -0.2) is 0 Å². The molecule has 0 atom stereocenters. The Kier molecular flexibility index (Phi) is 11.1. The van der Waals surface area contributed by atoms with Gasteiger partial charge in [-0.1, -0.05) is 32.0 Å². The maximum Gasteiger partial charge on any atom is 0.191 e.